The Hall–Kier alpha value is -2.26. The van der Waals surface area contributed by atoms with Crippen LogP contribution in [0.2, 0.25) is 0 Å². The zero-order valence-electron chi connectivity index (χ0n) is 17.1. The highest BCUT2D eigenvalue weighted by Crippen LogP contribution is 2.26. The molecule has 8 nitrogen and oxygen atoms in total. The summed E-state index contributed by atoms with van der Waals surface area (Å²) in [5, 5.41) is 6.10. The van der Waals surface area contributed by atoms with Crippen molar-refractivity contribution in [1.29, 1.82) is 0 Å². The molecule has 0 spiro atoms. The molecule has 2 heterocycles. The number of amides is 2. The van der Waals surface area contributed by atoms with Gasteiger partial charge in [0.15, 0.2) is 0 Å². The third-order valence-electron chi connectivity index (χ3n) is 4.77. The number of carbonyl (C=O) groups excluding carboxylic acids is 2. The molecule has 0 atom stereocenters. The number of hydrogen-bond acceptors (Lipinski definition) is 5. The van der Waals surface area contributed by atoms with E-state index in [1.54, 1.807) is 6.92 Å². The molecule has 0 aliphatic heterocycles. The van der Waals surface area contributed by atoms with E-state index in [-0.39, 0.29) is 23.9 Å². The predicted molar refractivity (Wildman–Crippen MR) is 111 cm³/mol. The molecule has 2 aromatic rings. The van der Waals surface area contributed by atoms with Crippen LogP contribution in [0.25, 0.3) is 10.2 Å². The van der Waals surface area contributed by atoms with E-state index in [9.17, 15) is 14.4 Å². The summed E-state index contributed by atoms with van der Waals surface area (Å²) in [4.78, 5) is 44.0. The molecule has 2 aromatic heterocycles. The number of thiophene rings is 1. The maximum absolute atomic E-state index is 12.8. The van der Waals surface area contributed by atoms with Crippen LogP contribution in [0.3, 0.4) is 0 Å². The number of nitrogens with one attached hydrogen (secondary N) is 3. The van der Waals surface area contributed by atoms with Gasteiger partial charge in [-0.25, -0.2) is 4.98 Å². The van der Waals surface area contributed by atoms with Crippen molar-refractivity contribution in [2.75, 3.05) is 32.7 Å². The lowest BCUT2D eigenvalue weighted by Gasteiger charge is -2.15. The molecule has 0 bridgehead atoms. The molecule has 2 amide bonds. The fourth-order valence-electron chi connectivity index (χ4n) is 3.00. The highest BCUT2D eigenvalue weighted by Gasteiger charge is 2.20. The van der Waals surface area contributed by atoms with Gasteiger partial charge in [0.05, 0.1) is 42.8 Å². The number of aryl methyl sites for hydroxylation is 1. The van der Waals surface area contributed by atoms with Gasteiger partial charge in [-0.1, -0.05) is 6.92 Å². The predicted octanol–water partition coefficient (Wildman–Crippen LogP) is -0.0529. The molecule has 0 saturated carbocycles. The van der Waals surface area contributed by atoms with E-state index in [2.05, 4.69) is 29.5 Å². The van der Waals surface area contributed by atoms with Gasteiger partial charge >= 0.3 is 0 Å². The van der Waals surface area contributed by atoms with Crippen molar-refractivity contribution in [1.82, 2.24) is 20.2 Å². The van der Waals surface area contributed by atoms with Crippen molar-refractivity contribution in [3.63, 3.8) is 0 Å². The molecule has 28 heavy (non-hydrogen) atoms. The fourth-order valence-corrected chi connectivity index (χ4v) is 4.06. The first-order valence-electron chi connectivity index (χ1n) is 9.79. The number of carbonyl (C=O) groups is 2. The van der Waals surface area contributed by atoms with E-state index in [1.165, 1.54) is 27.1 Å². The summed E-state index contributed by atoms with van der Waals surface area (Å²) in [7, 11) is 0. The summed E-state index contributed by atoms with van der Waals surface area (Å²) in [5.74, 6) is -0.409. The number of likely N-dealkylation sites (N-methyl/N-ethyl adjacent to an activating group) is 1. The Kier molecular flexibility index (Phi) is 8.13. The van der Waals surface area contributed by atoms with Crippen LogP contribution in [0.1, 0.15) is 42.4 Å². The molecule has 0 aliphatic carbocycles. The first kappa shape index (κ1) is 22.0. The fraction of sp³-hybridized carbons (Fsp3) is 0.579. The second-order valence-corrected chi connectivity index (χ2v) is 7.73. The number of rotatable bonds is 10. The third kappa shape index (κ3) is 5.17. The van der Waals surface area contributed by atoms with E-state index in [0.717, 1.165) is 26.1 Å². The summed E-state index contributed by atoms with van der Waals surface area (Å²) in [6, 6.07) is 0. The lowest BCUT2D eigenvalue weighted by atomic mass is 10.2. The number of quaternary nitrogens is 1. The van der Waals surface area contributed by atoms with Gasteiger partial charge in [0.1, 0.15) is 11.4 Å². The Morgan fingerprint density at radius 2 is 1.89 bits per heavy atom. The van der Waals surface area contributed by atoms with Crippen LogP contribution in [-0.2, 0) is 11.3 Å². The Morgan fingerprint density at radius 3 is 2.54 bits per heavy atom. The largest absolute Gasteiger partial charge is 0.355 e. The average Bonchev–Trinajstić information content (AvgIpc) is 3.03. The molecule has 2 rings (SSSR count). The van der Waals surface area contributed by atoms with Crippen molar-refractivity contribution < 1.29 is 14.5 Å². The van der Waals surface area contributed by atoms with Crippen LogP contribution >= 0.6 is 11.3 Å². The average molecular weight is 409 g/mol. The molecule has 0 aliphatic rings. The third-order valence-corrected chi connectivity index (χ3v) is 5.97. The molecule has 0 aromatic carbocycles. The monoisotopic (exact) mass is 408 g/mol. The molecular weight excluding hydrogens is 378 g/mol. The SMILES string of the molecule is CCCNC(=O)Cn1cnc2sc(C(=O)NCC[NH+](CC)CC)c(C)c2c1=O. The Labute approximate surface area is 168 Å². The minimum absolute atomic E-state index is 0.0781. The lowest BCUT2D eigenvalue weighted by Crippen LogP contribution is -3.12. The Balaban J connectivity index is 2.18. The standard InChI is InChI=1S/C19H29N5O3S/c1-5-8-20-14(25)11-24-12-22-18-15(19(24)27)13(4)16(28-18)17(26)21-9-10-23(6-2)7-3/h12H,5-11H2,1-4H3,(H,20,25)(H,21,26)/p+1. The van der Waals surface area contributed by atoms with Gasteiger partial charge in [-0.2, -0.15) is 0 Å². The molecule has 0 unspecified atom stereocenters. The number of hydrogen-bond donors (Lipinski definition) is 3. The Morgan fingerprint density at radius 1 is 1.18 bits per heavy atom. The van der Waals surface area contributed by atoms with E-state index in [4.69, 9.17) is 0 Å². The first-order valence-corrected chi connectivity index (χ1v) is 10.6. The molecule has 0 radical (unpaired) electrons. The molecule has 0 saturated heterocycles. The highest BCUT2D eigenvalue weighted by molar-refractivity contribution is 7.20. The van der Waals surface area contributed by atoms with Crippen molar-refractivity contribution in [2.45, 2.75) is 40.7 Å². The normalized spacial score (nSPS) is 11.2. The van der Waals surface area contributed by atoms with Crippen LogP contribution in [0.4, 0.5) is 0 Å². The summed E-state index contributed by atoms with van der Waals surface area (Å²) in [6.07, 6.45) is 2.20. The zero-order chi connectivity index (χ0) is 20.7. The summed E-state index contributed by atoms with van der Waals surface area (Å²) in [5.41, 5.74) is 0.325. The van der Waals surface area contributed by atoms with Crippen LogP contribution in [0.15, 0.2) is 11.1 Å². The van der Waals surface area contributed by atoms with E-state index >= 15 is 0 Å². The minimum atomic E-state index is -0.294. The van der Waals surface area contributed by atoms with Crippen LogP contribution in [-0.4, -0.2) is 54.1 Å². The second-order valence-electron chi connectivity index (χ2n) is 6.73. The summed E-state index contributed by atoms with van der Waals surface area (Å²) >= 11 is 1.21. The van der Waals surface area contributed by atoms with E-state index in [1.807, 2.05) is 6.92 Å². The number of aromatic nitrogens is 2. The van der Waals surface area contributed by atoms with Crippen molar-refractivity contribution in [3.8, 4) is 0 Å². The van der Waals surface area contributed by atoms with Crippen LogP contribution in [0, 0.1) is 6.92 Å². The van der Waals surface area contributed by atoms with Crippen molar-refractivity contribution >= 4 is 33.4 Å². The molecular formula is C19H30N5O3S+. The number of nitrogens with zero attached hydrogens (tertiary/aromatic N) is 2. The maximum Gasteiger partial charge on any atom is 0.262 e. The van der Waals surface area contributed by atoms with Crippen LogP contribution < -0.4 is 21.1 Å². The lowest BCUT2D eigenvalue weighted by molar-refractivity contribution is -0.895. The van der Waals surface area contributed by atoms with Gasteiger partial charge < -0.3 is 15.5 Å². The second kappa shape index (κ2) is 10.3. The molecule has 9 heteroatoms. The van der Waals surface area contributed by atoms with E-state index < -0.39 is 0 Å². The highest BCUT2D eigenvalue weighted by atomic mass is 32.1. The minimum Gasteiger partial charge on any atom is -0.355 e. The van der Waals surface area contributed by atoms with Gasteiger partial charge in [0.25, 0.3) is 11.5 Å². The van der Waals surface area contributed by atoms with Gasteiger partial charge in [0, 0.05) is 6.54 Å². The van der Waals surface area contributed by atoms with Gasteiger partial charge in [-0.3, -0.25) is 19.0 Å². The quantitative estimate of drug-likeness (QED) is 0.513. The molecule has 0 fully saturated rings. The molecule has 154 valence electrons. The van der Waals surface area contributed by atoms with E-state index in [0.29, 0.717) is 33.7 Å². The number of fused-ring (bicyclic) bond motifs is 1. The summed E-state index contributed by atoms with van der Waals surface area (Å²) in [6.45, 7) is 11.9. The Bertz CT molecular complexity index is 886. The topological polar surface area (TPSA) is 97.5 Å². The smallest absolute Gasteiger partial charge is 0.262 e. The van der Waals surface area contributed by atoms with Crippen molar-refractivity contribution in [3.05, 3.63) is 27.1 Å². The van der Waals surface area contributed by atoms with Crippen LogP contribution in [0.5, 0.6) is 0 Å². The first-order chi connectivity index (χ1) is 13.4. The van der Waals surface area contributed by atoms with Gasteiger partial charge in [-0.05, 0) is 32.8 Å². The van der Waals surface area contributed by atoms with Crippen molar-refractivity contribution in [2.24, 2.45) is 0 Å². The zero-order valence-corrected chi connectivity index (χ0v) is 17.9. The maximum atomic E-state index is 12.8. The van der Waals surface area contributed by atoms with Gasteiger partial charge in [0.2, 0.25) is 5.91 Å². The summed E-state index contributed by atoms with van der Waals surface area (Å²) < 4.78 is 1.29. The molecule has 3 N–H and O–H groups in total. The van der Waals surface area contributed by atoms with Gasteiger partial charge in [-0.15, -0.1) is 11.3 Å².